The summed E-state index contributed by atoms with van der Waals surface area (Å²) in [6, 6.07) is 2.62. The van der Waals surface area contributed by atoms with Crippen LogP contribution >= 0.6 is 31.9 Å². The van der Waals surface area contributed by atoms with Gasteiger partial charge < -0.3 is 26.1 Å². The number of carbonyl (C=O) groups is 2. The Balaban J connectivity index is 0.000000234. The van der Waals surface area contributed by atoms with Crippen LogP contribution in [0.1, 0.15) is 32.1 Å². The molecule has 0 radical (unpaired) electrons. The first kappa shape index (κ1) is 28.2. The molecule has 1 amide bonds. The maximum Gasteiger partial charge on any atom is 0.356 e. The summed E-state index contributed by atoms with van der Waals surface area (Å²) in [6.07, 6.45) is 1.14. The summed E-state index contributed by atoms with van der Waals surface area (Å²) < 4.78 is 41.4. The third kappa shape index (κ3) is 6.98. The number of halogens is 4. The molecule has 2 aliphatic heterocycles. The zero-order chi connectivity index (χ0) is 24.1. The van der Waals surface area contributed by atoms with Crippen LogP contribution in [0.3, 0.4) is 0 Å². The van der Waals surface area contributed by atoms with E-state index in [1.54, 1.807) is 0 Å². The van der Waals surface area contributed by atoms with E-state index < -0.39 is 23.5 Å². The average Bonchev–Trinajstić information content (AvgIpc) is 2.71. The Morgan fingerprint density at radius 1 is 0.971 bits per heavy atom. The zero-order valence-electron chi connectivity index (χ0n) is 18.3. The van der Waals surface area contributed by atoms with Gasteiger partial charge in [-0.05, 0) is 68.0 Å². The van der Waals surface area contributed by atoms with E-state index in [9.17, 15) is 18.4 Å². The van der Waals surface area contributed by atoms with Crippen molar-refractivity contribution in [3.05, 3.63) is 55.5 Å². The van der Waals surface area contributed by atoms with Crippen LogP contribution in [0.4, 0.5) is 8.78 Å². The van der Waals surface area contributed by atoms with Gasteiger partial charge in [0.25, 0.3) is 5.91 Å². The predicted molar refractivity (Wildman–Crippen MR) is 125 cm³/mol. The van der Waals surface area contributed by atoms with Crippen molar-refractivity contribution in [2.75, 3.05) is 33.5 Å². The Morgan fingerprint density at radius 3 is 1.74 bits per heavy atom. The molecule has 0 aliphatic carbocycles. The first-order valence-electron chi connectivity index (χ1n) is 9.93. The largest absolute Gasteiger partial charge is 0.464 e. The number of esters is 1. The Morgan fingerprint density at radius 2 is 1.38 bits per heavy atom. The van der Waals surface area contributed by atoms with E-state index in [1.165, 1.54) is 19.2 Å². The van der Waals surface area contributed by atoms with E-state index >= 15 is 0 Å². The fraction of sp³-hybridized carbons (Fsp3) is 0.429. The monoisotopic (exact) mass is 608 g/mol. The quantitative estimate of drug-likeness (QED) is 0.374. The van der Waals surface area contributed by atoms with E-state index in [0.29, 0.717) is 62.2 Å². The second-order valence-corrected chi connectivity index (χ2v) is 9.11. The average molecular weight is 610 g/mol. The van der Waals surface area contributed by atoms with Crippen LogP contribution in [0, 0.1) is 23.5 Å². The van der Waals surface area contributed by atoms with Crippen LogP contribution in [0.5, 0.6) is 0 Å². The van der Waals surface area contributed by atoms with Crippen molar-refractivity contribution in [1.29, 1.82) is 0 Å². The molecule has 2 aromatic heterocycles. The minimum atomic E-state index is -0.643. The number of primary amides is 1. The SMILES string of the molecule is COC(=O)c1nc(Br)c(F)cc1CC1COC1.N.NC(=O)c1nc(Br)c(F)cc1CC1COC1. The van der Waals surface area contributed by atoms with E-state index in [2.05, 4.69) is 46.6 Å². The summed E-state index contributed by atoms with van der Waals surface area (Å²) in [7, 11) is 1.28. The minimum absolute atomic E-state index is 0. The lowest BCUT2D eigenvalue weighted by atomic mass is 9.96. The van der Waals surface area contributed by atoms with Crippen LogP contribution in [0.25, 0.3) is 0 Å². The molecule has 2 aliphatic rings. The van der Waals surface area contributed by atoms with Crippen molar-refractivity contribution in [1.82, 2.24) is 16.1 Å². The molecular weight excluding hydrogens is 586 g/mol. The fourth-order valence-corrected chi connectivity index (χ4v) is 3.82. The highest BCUT2D eigenvalue weighted by Crippen LogP contribution is 2.24. The van der Waals surface area contributed by atoms with Gasteiger partial charge in [0.1, 0.15) is 14.9 Å². The van der Waals surface area contributed by atoms with Gasteiger partial charge in [-0.15, -0.1) is 0 Å². The highest BCUT2D eigenvalue weighted by molar-refractivity contribution is 9.10. The molecule has 0 spiro atoms. The van der Waals surface area contributed by atoms with Crippen LogP contribution in [-0.4, -0.2) is 55.4 Å². The smallest absolute Gasteiger partial charge is 0.356 e. The number of rotatable bonds is 6. The number of hydrogen-bond donors (Lipinski definition) is 2. The number of nitrogens with two attached hydrogens (primary N) is 1. The molecule has 4 heterocycles. The molecule has 0 bridgehead atoms. The van der Waals surface area contributed by atoms with Gasteiger partial charge in [0.15, 0.2) is 17.3 Å². The van der Waals surface area contributed by atoms with Gasteiger partial charge in [0.05, 0.1) is 33.5 Å². The molecule has 2 aromatic rings. The number of amides is 1. The van der Waals surface area contributed by atoms with Crippen LogP contribution in [0.2, 0.25) is 0 Å². The lowest BCUT2D eigenvalue weighted by molar-refractivity contribution is -0.0314. The molecule has 9 nitrogen and oxygen atoms in total. The van der Waals surface area contributed by atoms with Crippen LogP contribution in [0.15, 0.2) is 21.3 Å². The normalized spacial score (nSPS) is 15.2. The molecule has 186 valence electrons. The standard InChI is InChI=1S/C11H11BrFNO3.C10H10BrFN2O2.H3N/c1-16-11(15)9-7(2-6-4-17-5-6)3-8(13)10(12)14-9;11-9-7(12)2-6(1-5-3-16-4-5)8(14-9)10(13)15;/h3,6H,2,4-5H2,1H3;2,5H,1,3-4H2,(H2,13,15);1H3. The molecule has 4 rings (SSSR count). The third-order valence-corrected chi connectivity index (χ3v) is 6.18. The predicted octanol–water partition coefficient (Wildman–Crippen LogP) is 3.39. The third-order valence-electron chi connectivity index (χ3n) is 5.07. The first-order valence-corrected chi connectivity index (χ1v) is 11.5. The number of aromatic nitrogens is 2. The van der Waals surface area contributed by atoms with Gasteiger partial charge >= 0.3 is 5.97 Å². The molecule has 0 atom stereocenters. The molecule has 5 N–H and O–H groups in total. The molecule has 0 unspecified atom stereocenters. The summed E-state index contributed by atoms with van der Waals surface area (Å²) in [6.45, 7) is 2.54. The molecule has 2 saturated heterocycles. The Bertz CT molecular complexity index is 1050. The van der Waals surface area contributed by atoms with Gasteiger partial charge in [-0.1, -0.05) is 0 Å². The van der Waals surface area contributed by atoms with Crippen molar-refractivity contribution in [2.45, 2.75) is 12.8 Å². The van der Waals surface area contributed by atoms with Crippen molar-refractivity contribution in [3.8, 4) is 0 Å². The summed E-state index contributed by atoms with van der Waals surface area (Å²) in [5.74, 6) is -1.52. The summed E-state index contributed by atoms with van der Waals surface area (Å²) in [4.78, 5) is 30.4. The van der Waals surface area contributed by atoms with Gasteiger partial charge in [-0.3, -0.25) is 4.79 Å². The minimum Gasteiger partial charge on any atom is -0.464 e. The summed E-state index contributed by atoms with van der Waals surface area (Å²) in [5, 5.41) is 0. The molecule has 34 heavy (non-hydrogen) atoms. The number of ether oxygens (including phenoxy) is 3. The highest BCUT2D eigenvalue weighted by atomic mass is 79.9. The number of carbonyl (C=O) groups excluding carboxylic acids is 2. The Hall–Kier alpha value is -2.06. The van der Waals surface area contributed by atoms with Crippen LogP contribution in [-0.2, 0) is 27.1 Å². The molecule has 0 aromatic carbocycles. The van der Waals surface area contributed by atoms with Gasteiger partial charge in [0.2, 0.25) is 0 Å². The second-order valence-electron chi connectivity index (χ2n) is 7.61. The van der Waals surface area contributed by atoms with E-state index in [0.717, 1.165) is 0 Å². The Kier molecular flexibility index (Phi) is 10.4. The van der Waals surface area contributed by atoms with Crippen molar-refractivity contribution in [3.63, 3.8) is 0 Å². The fourth-order valence-electron chi connectivity index (χ4n) is 3.23. The van der Waals surface area contributed by atoms with Crippen LogP contribution < -0.4 is 11.9 Å². The van der Waals surface area contributed by atoms with Crippen molar-refractivity contribution < 1.29 is 32.6 Å². The summed E-state index contributed by atoms with van der Waals surface area (Å²) >= 11 is 5.88. The number of nitrogens with zero attached hydrogens (tertiary/aromatic N) is 2. The van der Waals surface area contributed by atoms with Gasteiger partial charge in [0, 0.05) is 11.8 Å². The van der Waals surface area contributed by atoms with E-state index in [1.807, 2.05) is 0 Å². The maximum atomic E-state index is 13.4. The number of pyridine rings is 2. The summed E-state index contributed by atoms with van der Waals surface area (Å²) in [5.41, 5.74) is 6.58. The maximum absolute atomic E-state index is 13.4. The molecule has 13 heteroatoms. The number of hydrogen-bond acceptors (Lipinski definition) is 8. The second kappa shape index (κ2) is 12.6. The van der Waals surface area contributed by atoms with Gasteiger partial charge in [-0.2, -0.15) is 0 Å². The molecular formula is C21H24Br2F2N4O5. The zero-order valence-corrected chi connectivity index (χ0v) is 21.5. The molecule has 0 saturated carbocycles. The topological polar surface area (TPSA) is 149 Å². The Labute approximate surface area is 211 Å². The lowest BCUT2D eigenvalue weighted by Gasteiger charge is -2.26. The highest BCUT2D eigenvalue weighted by Gasteiger charge is 2.25. The molecule has 2 fully saturated rings. The lowest BCUT2D eigenvalue weighted by Crippen LogP contribution is -2.30. The van der Waals surface area contributed by atoms with Crippen molar-refractivity contribution >= 4 is 43.7 Å². The van der Waals surface area contributed by atoms with E-state index in [-0.39, 0.29) is 26.7 Å². The van der Waals surface area contributed by atoms with E-state index in [4.69, 9.17) is 15.2 Å². The van der Waals surface area contributed by atoms with Crippen molar-refractivity contribution in [2.24, 2.45) is 17.6 Å². The first-order chi connectivity index (χ1) is 15.7. The number of methoxy groups -OCH3 is 1. The van der Waals surface area contributed by atoms with Gasteiger partial charge in [-0.25, -0.2) is 23.5 Å².